The minimum atomic E-state index is -4.46. The number of esters is 2. The average molecular weight is 347 g/mol. The summed E-state index contributed by atoms with van der Waals surface area (Å²) in [5.41, 5.74) is -0.507. The van der Waals surface area contributed by atoms with Crippen molar-refractivity contribution in [1.82, 2.24) is 5.32 Å². The Balaban J connectivity index is 2.71. The Bertz CT molecular complexity index is 598. The molecule has 0 saturated heterocycles. The lowest BCUT2D eigenvalue weighted by Crippen LogP contribution is -2.43. The van der Waals surface area contributed by atoms with E-state index in [-0.39, 0.29) is 6.42 Å². The van der Waals surface area contributed by atoms with Crippen molar-refractivity contribution in [2.75, 3.05) is 14.2 Å². The van der Waals surface area contributed by atoms with Gasteiger partial charge in [-0.3, -0.25) is 9.59 Å². The van der Waals surface area contributed by atoms with Gasteiger partial charge in [0.15, 0.2) is 0 Å². The van der Waals surface area contributed by atoms with Crippen LogP contribution in [0.3, 0.4) is 0 Å². The maximum Gasteiger partial charge on any atom is 0.416 e. The average Bonchev–Trinajstić information content (AvgIpc) is 2.52. The van der Waals surface area contributed by atoms with Gasteiger partial charge in [0.05, 0.1) is 32.6 Å². The second-order valence-corrected chi connectivity index (χ2v) is 4.79. The van der Waals surface area contributed by atoms with Crippen molar-refractivity contribution in [2.45, 2.75) is 25.1 Å². The molecule has 1 atom stereocenters. The van der Waals surface area contributed by atoms with Gasteiger partial charge in [0.2, 0.25) is 5.91 Å². The third-order valence-electron chi connectivity index (χ3n) is 3.07. The van der Waals surface area contributed by atoms with Crippen molar-refractivity contribution in [3.05, 3.63) is 35.4 Å². The zero-order valence-electron chi connectivity index (χ0n) is 13.0. The Morgan fingerprint density at radius 2 is 1.67 bits per heavy atom. The molecule has 1 amide bonds. The van der Waals surface area contributed by atoms with Gasteiger partial charge in [-0.1, -0.05) is 12.1 Å². The summed E-state index contributed by atoms with van der Waals surface area (Å²) in [6, 6.07) is 2.81. The zero-order valence-corrected chi connectivity index (χ0v) is 13.0. The first kappa shape index (κ1) is 19.5. The van der Waals surface area contributed by atoms with E-state index in [1.807, 2.05) is 0 Å². The van der Waals surface area contributed by atoms with Gasteiger partial charge < -0.3 is 14.8 Å². The van der Waals surface area contributed by atoms with Crippen LogP contribution in [0.2, 0.25) is 0 Å². The molecule has 0 heterocycles. The van der Waals surface area contributed by atoms with E-state index in [0.717, 1.165) is 38.5 Å². The van der Waals surface area contributed by atoms with Crippen molar-refractivity contribution in [3.63, 3.8) is 0 Å². The summed E-state index contributed by atoms with van der Waals surface area (Å²) in [5.74, 6) is -2.20. The third kappa shape index (κ3) is 5.90. The number of hydrogen-bond acceptors (Lipinski definition) is 5. The second-order valence-electron chi connectivity index (χ2n) is 4.79. The minimum Gasteiger partial charge on any atom is -0.469 e. The van der Waals surface area contributed by atoms with Crippen LogP contribution >= 0.6 is 0 Å². The Morgan fingerprint density at radius 1 is 1.08 bits per heavy atom. The highest BCUT2D eigenvalue weighted by Gasteiger charge is 2.30. The molecule has 1 aromatic rings. The van der Waals surface area contributed by atoms with Gasteiger partial charge in [-0.05, 0) is 17.7 Å². The Labute approximate surface area is 135 Å². The fraction of sp³-hybridized carbons (Fsp3) is 0.400. The highest BCUT2D eigenvalue weighted by Crippen LogP contribution is 2.29. The van der Waals surface area contributed by atoms with Crippen molar-refractivity contribution in [2.24, 2.45) is 0 Å². The number of ether oxygens (including phenoxy) is 2. The van der Waals surface area contributed by atoms with Crippen LogP contribution in [0.4, 0.5) is 13.2 Å². The first-order valence-corrected chi connectivity index (χ1v) is 6.77. The largest absolute Gasteiger partial charge is 0.469 e. The number of methoxy groups -OCH3 is 2. The van der Waals surface area contributed by atoms with Crippen LogP contribution in [0.15, 0.2) is 24.3 Å². The number of rotatable bonds is 6. The van der Waals surface area contributed by atoms with E-state index >= 15 is 0 Å². The van der Waals surface area contributed by atoms with E-state index < -0.39 is 42.0 Å². The summed E-state index contributed by atoms with van der Waals surface area (Å²) >= 11 is 0. The van der Waals surface area contributed by atoms with Gasteiger partial charge in [0.1, 0.15) is 6.04 Å². The number of amides is 1. The topological polar surface area (TPSA) is 81.7 Å². The molecule has 0 spiro atoms. The molecule has 0 radical (unpaired) electrons. The predicted molar refractivity (Wildman–Crippen MR) is 75.7 cm³/mol. The van der Waals surface area contributed by atoms with Gasteiger partial charge in [0, 0.05) is 0 Å². The van der Waals surface area contributed by atoms with Crippen molar-refractivity contribution < 1.29 is 37.0 Å². The van der Waals surface area contributed by atoms with E-state index in [1.165, 1.54) is 0 Å². The molecule has 0 aromatic heterocycles. The Kier molecular flexibility index (Phi) is 6.75. The van der Waals surface area contributed by atoms with Crippen molar-refractivity contribution in [3.8, 4) is 0 Å². The summed E-state index contributed by atoms with van der Waals surface area (Å²) in [7, 11) is 2.22. The van der Waals surface area contributed by atoms with E-state index in [2.05, 4.69) is 14.8 Å². The molecule has 0 aliphatic rings. The van der Waals surface area contributed by atoms with E-state index in [1.54, 1.807) is 0 Å². The summed E-state index contributed by atoms with van der Waals surface area (Å²) < 4.78 is 46.3. The van der Waals surface area contributed by atoms with Crippen molar-refractivity contribution >= 4 is 17.8 Å². The molecule has 1 aromatic carbocycles. The number of carbonyl (C=O) groups excluding carboxylic acids is 3. The molecule has 0 aliphatic heterocycles. The maximum atomic E-state index is 12.5. The fourth-order valence-corrected chi connectivity index (χ4v) is 1.83. The van der Waals surface area contributed by atoms with Gasteiger partial charge in [-0.25, -0.2) is 4.79 Å². The van der Waals surface area contributed by atoms with Gasteiger partial charge >= 0.3 is 18.1 Å². The number of benzene rings is 1. The molecule has 0 fully saturated rings. The minimum absolute atomic E-state index is 0.257. The number of hydrogen-bond donors (Lipinski definition) is 1. The lowest BCUT2D eigenvalue weighted by atomic mass is 10.1. The molecule has 0 unspecified atom stereocenters. The van der Waals surface area contributed by atoms with Gasteiger partial charge in [-0.2, -0.15) is 13.2 Å². The SMILES string of the molecule is COC(=O)C[C@@H](NC(=O)Cc1ccc(C(F)(F)F)cc1)C(=O)OC. The number of alkyl halides is 3. The number of halogens is 3. The van der Waals surface area contributed by atoms with Gasteiger partial charge in [-0.15, -0.1) is 0 Å². The lowest BCUT2D eigenvalue weighted by molar-refractivity contribution is -0.150. The smallest absolute Gasteiger partial charge is 0.416 e. The molecular weight excluding hydrogens is 331 g/mol. The third-order valence-corrected chi connectivity index (χ3v) is 3.07. The maximum absolute atomic E-state index is 12.5. The van der Waals surface area contributed by atoms with Crippen LogP contribution in [0.25, 0.3) is 0 Å². The summed E-state index contributed by atoms with van der Waals surface area (Å²) in [6.07, 6.45) is -5.13. The van der Waals surface area contributed by atoms with E-state index in [4.69, 9.17) is 0 Å². The van der Waals surface area contributed by atoms with E-state index in [0.29, 0.717) is 5.56 Å². The van der Waals surface area contributed by atoms with Crippen molar-refractivity contribution in [1.29, 1.82) is 0 Å². The molecule has 24 heavy (non-hydrogen) atoms. The van der Waals surface area contributed by atoms with Crippen LogP contribution in [0, 0.1) is 0 Å². The van der Waals surface area contributed by atoms with Crippen LogP contribution in [0.1, 0.15) is 17.5 Å². The number of nitrogens with one attached hydrogen (secondary N) is 1. The normalized spacial score (nSPS) is 12.2. The van der Waals surface area contributed by atoms with Crippen LogP contribution in [0.5, 0.6) is 0 Å². The Hall–Kier alpha value is -2.58. The summed E-state index contributed by atoms with van der Waals surface area (Å²) in [6.45, 7) is 0. The molecule has 1 rings (SSSR count). The standard InChI is InChI=1S/C15H16F3NO5/c1-23-13(21)8-11(14(22)24-2)19-12(20)7-9-3-5-10(6-4-9)15(16,17)18/h3-6,11H,7-8H2,1-2H3,(H,19,20)/t11-/m1/s1. The molecule has 132 valence electrons. The van der Waals surface area contributed by atoms with Crippen LogP contribution in [-0.4, -0.2) is 38.1 Å². The molecule has 6 nitrogen and oxygen atoms in total. The molecule has 0 saturated carbocycles. The molecular formula is C15H16F3NO5. The lowest BCUT2D eigenvalue weighted by Gasteiger charge is -2.15. The molecule has 1 N–H and O–H groups in total. The quantitative estimate of drug-likeness (QED) is 0.788. The highest BCUT2D eigenvalue weighted by molar-refractivity contribution is 5.88. The molecule has 0 bridgehead atoms. The first-order valence-electron chi connectivity index (χ1n) is 6.77. The molecule has 0 aliphatic carbocycles. The van der Waals surface area contributed by atoms with E-state index in [9.17, 15) is 27.6 Å². The highest BCUT2D eigenvalue weighted by atomic mass is 19.4. The Morgan fingerprint density at radius 3 is 2.12 bits per heavy atom. The zero-order chi connectivity index (χ0) is 18.3. The fourth-order valence-electron chi connectivity index (χ4n) is 1.83. The summed E-state index contributed by atoms with van der Waals surface area (Å²) in [4.78, 5) is 34.7. The number of carbonyl (C=O) groups is 3. The second kappa shape index (κ2) is 8.32. The monoisotopic (exact) mass is 347 g/mol. The van der Waals surface area contributed by atoms with Gasteiger partial charge in [0.25, 0.3) is 0 Å². The molecule has 9 heteroatoms. The van der Waals surface area contributed by atoms with Crippen LogP contribution < -0.4 is 5.32 Å². The predicted octanol–water partition coefficient (Wildman–Crippen LogP) is 1.47. The van der Waals surface area contributed by atoms with Crippen LogP contribution in [-0.2, 0) is 36.5 Å². The first-order chi connectivity index (χ1) is 11.2. The summed E-state index contributed by atoms with van der Waals surface area (Å²) in [5, 5.41) is 2.29.